The van der Waals surface area contributed by atoms with Crippen molar-refractivity contribution >= 4 is 52.5 Å². The van der Waals surface area contributed by atoms with E-state index < -0.39 is 29.4 Å². The zero-order valence-corrected chi connectivity index (χ0v) is 23.3. The van der Waals surface area contributed by atoms with Crippen LogP contribution in [0.15, 0.2) is 60.7 Å². The molecule has 0 bridgehead atoms. The number of aliphatic carboxylic acids is 1. The lowest BCUT2D eigenvalue weighted by Crippen LogP contribution is -2.19. The molecule has 1 saturated carbocycles. The molecule has 1 amide bonds. The number of ether oxygens (including phenoxy) is 1. The van der Waals surface area contributed by atoms with Crippen molar-refractivity contribution in [3.63, 3.8) is 0 Å². The van der Waals surface area contributed by atoms with Crippen LogP contribution >= 0.6 is 34.7 Å². The molecular weight excluding hydrogens is 562 g/mol. The van der Waals surface area contributed by atoms with Gasteiger partial charge in [-0.05, 0) is 67.5 Å². The number of carboxylic acids is 1. The number of aromatic nitrogens is 1. The zero-order chi connectivity index (χ0) is 27.9. The lowest BCUT2D eigenvalue weighted by molar-refractivity contribution is -0.140. The first kappa shape index (κ1) is 27.1. The van der Waals surface area contributed by atoms with E-state index in [2.05, 4.69) is 9.69 Å². The average molecular weight is 585 g/mol. The highest BCUT2D eigenvalue weighted by molar-refractivity contribution is 7.10. The summed E-state index contributed by atoms with van der Waals surface area (Å²) in [4.78, 5) is 24.8. The fourth-order valence-electron chi connectivity index (χ4n) is 4.52. The molecule has 5 rings (SSSR count). The molecule has 39 heavy (non-hydrogen) atoms. The van der Waals surface area contributed by atoms with Crippen molar-refractivity contribution in [1.82, 2.24) is 4.37 Å². The van der Waals surface area contributed by atoms with Crippen LogP contribution < -0.4 is 5.32 Å². The van der Waals surface area contributed by atoms with Gasteiger partial charge >= 0.3 is 12.1 Å². The van der Waals surface area contributed by atoms with Crippen molar-refractivity contribution in [1.29, 1.82) is 0 Å². The predicted octanol–water partition coefficient (Wildman–Crippen LogP) is 8.66. The molecule has 1 atom stereocenters. The van der Waals surface area contributed by atoms with Gasteiger partial charge in [0.15, 0.2) is 0 Å². The third kappa shape index (κ3) is 5.24. The first-order valence-electron chi connectivity index (χ1n) is 12.1. The number of amides is 1. The standard InChI is InChI=1S/C29H23Cl2FN2O4S/c1-15-25(33-28(37)38-16(2)19-5-3-4-6-22(19)30)26(39-34-15)21-14-24(32)20(13-23(21)31)17-7-9-18(10-8-17)29(11-12-29)27(35)36/h3-10,13-14,16H,11-12H2,1-2H3,(H,33,37)(H,35,36)/t16-/m1/s1. The second-order valence-corrected chi connectivity index (χ2v) is 11.0. The summed E-state index contributed by atoms with van der Waals surface area (Å²) in [7, 11) is 0. The average Bonchev–Trinajstić information content (AvgIpc) is 3.65. The number of benzene rings is 3. The molecule has 200 valence electrons. The van der Waals surface area contributed by atoms with Crippen LogP contribution in [0.3, 0.4) is 0 Å². The maximum atomic E-state index is 15.4. The minimum Gasteiger partial charge on any atom is -0.481 e. The molecule has 2 N–H and O–H groups in total. The molecule has 10 heteroatoms. The van der Waals surface area contributed by atoms with Crippen molar-refractivity contribution in [2.75, 3.05) is 5.32 Å². The van der Waals surface area contributed by atoms with E-state index in [0.29, 0.717) is 56.4 Å². The van der Waals surface area contributed by atoms with Crippen LogP contribution in [0.4, 0.5) is 14.9 Å². The summed E-state index contributed by atoms with van der Waals surface area (Å²) in [6.45, 7) is 3.43. The number of halogens is 3. The molecular formula is C29H23Cl2FN2O4S. The van der Waals surface area contributed by atoms with Gasteiger partial charge in [-0.1, -0.05) is 65.7 Å². The van der Waals surface area contributed by atoms with Crippen LogP contribution in [0.5, 0.6) is 0 Å². The van der Waals surface area contributed by atoms with Gasteiger partial charge in [0.25, 0.3) is 0 Å². The van der Waals surface area contributed by atoms with Gasteiger partial charge in [-0.3, -0.25) is 10.1 Å². The van der Waals surface area contributed by atoms with Crippen LogP contribution in [-0.4, -0.2) is 21.5 Å². The van der Waals surface area contributed by atoms with Crippen LogP contribution in [0, 0.1) is 12.7 Å². The van der Waals surface area contributed by atoms with E-state index in [4.69, 9.17) is 27.9 Å². The van der Waals surface area contributed by atoms with Gasteiger partial charge in [0.2, 0.25) is 0 Å². The van der Waals surface area contributed by atoms with E-state index in [0.717, 1.165) is 11.5 Å². The second kappa shape index (κ2) is 10.6. The third-order valence-electron chi connectivity index (χ3n) is 6.93. The number of anilines is 1. The summed E-state index contributed by atoms with van der Waals surface area (Å²) in [5.74, 6) is -1.37. The van der Waals surface area contributed by atoms with E-state index >= 15 is 4.39 Å². The van der Waals surface area contributed by atoms with Crippen molar-refractivity contribution in [3.8, 4) is 21.6 Å². The summed E-state index contributed by atoms with van der Waals surface area (Å²) in [6.07, 6.45) is -0.137. The van der Waals surface area contributed by atoms with Crippen LogP contribution in [0.1, 0.15) is 42.7 Å². The lowest BCUT2D eigenvalue weighted by atomic mass is 9.93. The highest BCUT2D eigenvalue weighted by Gasteiger charge is 2.51. The summed E-state index contributed by atoms with van der Waals surface area (Å²) < 4.78 is 25.2. The molecule has 6 nitrogen and oxygen atoms in total. The topological polar surface area (TPSA) is 88.5 Å². The van der Waals surface area contributed by atoms with Gasteiger partial charge in [0.05, 0.1) is 26.7 Å². The predicted molar refractivity (Wildman–Crippen MR) is 151 cm³/mol. The number of hydrogen-bond donors (Lipinski definition) is 2. The van der Waals surface area contributed by atoms with Gasteiger partial charge in [0.1, 0.15) is 11.9 Å². The van der Waals surface area contributed by atoms with Crippen LogP contribution in [-0.2, 0) is 14.9 Å². The van der Waals surface area contributed by atoms with E-state index in [1.807, 2.05) is 0 Å². The molecule has 0 unspecified atom stereocenters. The summed E-state index contributed by atoms with van der Waals surface area (Å²) in [6, 6.07) is 16.8. The van der Waals surface area contributed by atoms with E-state index in [1.165, 1.54) is 12.1 Å². The molecule has 4 aromatic rings. The van der Waals surface area contributed by atoms with Crippen molar-refractivity contribution in [2.45, 2.75) is 38.2 Å². The van der Waals surface area contributed by atoms with Crippen molar-refractivity contribution in [2.24, 2.45) is 0 Å². The first-order chi connectivity index (χ1) is 18.6. The molecule has 0 aliphatic heterocycles. The summed E-state index contributed by atoms with van der Waals surface area (Å²) in [5.41, 5.74) is 2.66. The van der Waals surface area contributed by atoms with Crippen molar-refractivity contribution < 1.29 is 23.8 Å². The van der Waals surface area contributed by atoms with Crippen LogP contribution in [0.2, 0.25) is 10.0 Å². The number of rotatable bonds is 7. The van der Waals surface area contributed by atoms with Gasteiger partial charge in [-0.25, -0.2) is 9.18 Å². The quantitative estimate of drug-likeness (QED) is 0.227. The fourth-order valence-corrected chi connectivity index (χ4v) is 6.00. The number of nitrogens with one attached hydrogen (secondary N) is 1. The van der Waals surface area contributed by atoms with E-state index in [1.54, 1.807) is 62.4 Å². The van der Waals surface area contributed by atoms with E-state index in [9.17, 15) is 14.7 Å². The lowest BCUT2D eigenvalue weighted by Gasteiger charge is -2.16. The number of hydrogen-bond acceptors (Lipinski definition) is 5. The van der Waals surface area contributed by atoms with Crippen molar-refractivity contribution in [3.05, 3.63) is 93.3 Å². The second-order valence-electron chi connectivity index (χ2n) is 9.44. The zero-order valence-electron chi connectivity index (χ0n) is 20.9. The minimum atomic E-state index is -0.847. The first-order valence-corrected chi connectivity index (χ1v) is 13.7. The number of carboxylic acid groups (broad SMARTS) is 1. The smallest absolute Gasteiger partial charge is 0.412 e. The Morgan fingerprint density at radius 1 is 1.08 bits per heavy atom. The SMILES string of the molecule is Cc1nsc(-c2cc(F)c(-c3ccc(C4(C(=O)O)CC4)cc3)cc2Cl)c1NC(=O)O[C@H](C)c1ccccc1Cl. The molecule has 0 radical (unpaired) electrons. The number of aryl methyl sites for hydroxylation is 1. The summed E-state index contributed by atoms with van der Waals surface area (Å²) >= 11 is 13.9. The Morgan fingerprint density at radius 3 is 2.41 bits per heavy atom. The third-order valence-corrected chi connectivity index (χ3v) is 8.55. The molecule has 1 fully saturated rings. The van der Waals surface area contributed by atoms with Crippen LogP contribution in [0.25, 0.3) is 21.6 Å². The molecule has 1 heterocycles. The van der Waals surface area contributed by atoms with E-state index in [-0.39, 0.29) is 10.6 Å². The highest BCUT2D eigenvalue weighted by atomic mass is 35.5. The number of carbonyl (C=O) groups is 2. The van der Waals surface area contributed by atoms with Gasteiger partial charge in [-0.15, -0.1) is 0 Å². The molecule has 1 aliphatic rings. The molecule has 0 spiro atoms. The number of nitrogens with zero attached hydrogens (tertiary/aromatic N) is 1. The fraction of sp³-hybridized carbons (Fsp3) is 0.207. The Bertz CT molecular complexity index is 1580. The molecule has 3 aromatic carbocycles. The Kier molecular flexibility index (Phi) is 7.37. The Labute approximate surface area is 238 Å². The molecule has 1 aliphatic carbocycles. The maximum absolute atomic E-state index is 15.4. The monoisotopic (exact) mass is 584 g/mol. The minimum absolute atomic E-state index is 0.268. The molecule has 1 aromatic heterocycles. The Morgan fingerprint density at radius 2 is 1.77 bits per heavy atom. The summed E-state index contributed by atoms with van der Waals surface area (Å²) in [5, 5.41) is 13.0. The van der Waals surface area contributed by atoms with Gasteiger partial charge < -0.3 is 9.84 Å². The van der Waals surface area contributed by atoms with Gasteiger partial charge in [0, 0.05) is 21.7 Å². The largest absolute Gasteiger partial charge is 0.481 e. The normalized spacial score (nSPS) is 14.5. The number of carbonyl (C=O) groups excluding carboxylic acids is 1. The maximum Gasteiger partial charge on any atom is 0.412 e. The van der Waals surface area contributed by atoms with Gasteiger partial charge in [-0.2, -0.15) is 4.37 Å². The Balaban J connectivity index is 1.38. The highest BCUT2D eigenvalue weighted by Crippen LogP contribution is 2.49. The Hall–Kier alpha value is -3.46. The molecule has 0 saturated heterocycles.